The molecule has 4 rings (SSSR count). The number of carbonyl (C=O) groups is 3. The number of fused-ring (bicyclic) bond motifs is 2. The molecule has 1 aliphatic heterocycles. The molecule has 1 aromatic carbocycles. The Morgan fingerprint density at radius 1 is 1.28 bits per heavy atom. The van der Waals surface area contributed by atoms with Gasteiger partial charge in [-0.25, -0.2) is 4.79 Å². The number of hydrogen-bond acceptors (Lipinski definition) is 5. The van der Waals surface area contributed by atoms with Crippen molar-refractivity contribution in [1.82, 2.24) is 15.5 Å². The number of thiophene rings is 1. The van der Waals surface area contributed by atoms with E-state index in [9.17, 15) is 14.4 Å². The number of nitrogens with zero attached hydrogens (tertiary/aromatic N) is 1. The molecule has 0 bridgehead atoms. The van der Waals surface area contributed by atoms with Crippen LogP contribution >= 0.6 is 11.3 Å². The average Bonchev–Trinajstić information content (AvgIpc) is 3.29. The van der Waals surface area contributed by atoms with Crippen molar-refractivity contribution >= 4 is 29.2 Å². The van der Waals surface area contributed by atoms with Crippen LogP contribution in [0.15, 0.2) is 35.7 Å². The van der Waals surface area contributed by atoms with Crippen LogP contribution in [0.2, 0.25) is 0 Å². The Morgan fingerprint density at radius 2 is 2.07 bits per heavy atom. The summed E-state index contributed by atoms with van der Waals surface area (Å²) in [4.78, 5) is 40.1. The summed E-state index contributed by atoms with van der Waals surface area (Å²) < 4.78 is 5.13. The Labute approximate surface area is 173 Å². The monoisotopic (exact) mass is 413 g/mol. The smallest absolute Gasteiger partial charge is 0.325 e. The Morgan fingerprint density at radius 3 is 2.83 bits per heavy atom. The summed E-state index contributed by atoms with van der Waals surface area (Å²) in [6.07, 6.45) is 2.97. The van der Waals surface area contributed by atoms with Gasteiger partial charge in [0.15, 0.2) is 0 Å². The van der Waals surface area contributed by atoms with Gasteiger partial charge >= 0.3 is 6.03 Å². The highest BCUT2D eigenvalue weighted by atomic mass is 32.1. The second-order valence-electron chi connectivity index (χ2n) is 7.29. The topological polar surface area (TPSA) is 87.7 Å². The molecule has 1 fully saturated rings. The lowest BCUT2D eigenvalue weighted by molar-refractivity contribution is -0.135. The predicted octanol–water partition coefficient (Wildman–Crippen LogP) is 2.20. The van der Waals surface area contributed by atoms with Gasteiger partial charge in [-0.05, 0) is 54.8 Å². The van der Waals surface area contributed by atoms with Crippen LogP contribution in [0, 0.1) is 0 Å². The number of imide groups is 1. The van der Waals surface area contributed by atoms with Gasteiger partial charge in [0.05, 0.1) is 7.11 Å². The first-order valence-electron chi connectivity index (χ1n) is 9.64. The number of amides is 4. The van der Waals surface area contributed by atoms with Gasteiger partial charge < -0.3 is 15.4 Å². The molecule has 2 N–H and O–H groups in total. The molecule has 7 nitrogen and oxygen atoms in total. The third kappa shape index (κ3) is 3.60. The van der Waals surface area contributed by atoms with Crippen LogP contribution < -0.4 is 15.4 Å². The van der Waals surface area contributed by atoms with Gasteiger partial charge in [-0.3, -0.25) is 14.5 Å². The van der Waals surface area contributed by atoms with Crippen LogP contribution in [0.4, 0.5) is 4.79 Å². The first-order valence-corrected chi connectivity index (χ1v) is 10.5. The first-order chi connectivity index (χ1) is 14.0. The van der Waals surface area contributed by atoms with Crippen molar-refractivity contribution in [3.8, 4) is 5.75 Å². The van der Waals surface area contributed by atoms with Crippen molar-refractivity contribution in [3.63, 3.8) is 0 Å². The summed E-state index contributed by atoms with van der Waals surface area (Å²) in [5.74, 6) is 0.106. The Bertz CT molecular complexity index is 940. The highest BCUT2D eigenvalue weighted by Gasteiger charge is 2.54. The van der Waals surface area contributed by atoms with E-state index in [0.29, 0.717) is 19.4 Å². The maximum Gasteiger partial charge on any atom is 0.325 e. The second-order valence-corrected chi connectivity index (χ2v) is 8.29. The molecule has 8 heteroatoms. The van der Waals surface area contributed by atoms with Crippen molar-refractivity contribution in [2.45, 2.75) is 31.2 Å². The van der Waals surface area contributed by atoms with E-state index >= 15 is 0 Å². The summed E-state index contributed by atoms with van der Waals surface area (Å²) in [5, 5.41) is 7.60. The highest BCUT2D eigenvalue weighted by molar-refractivity contribution is 7.10. The number of nitrogens with one attached hydrogen (secondary N) is 2. The zero-order valence-corrected chi connectivity index (χ0v) is 17.0. The normalized spacial score (nSPS) is 20.5. The van der Waals surface area contributed by atoms with Gasteiger partial charge in [-0.2, -0.15) is 0 Å². The lowest BCUT2D eigenvalue weighted by Crippen LogP contribution is -2.46. The molecule has 152 valence electrons. The van der Waals surface area contributed by atoms with E-state index in [0.717, 1.165) is 39.5 Å². The molecule has 2 aromatic rings. The molecular weight excluding hydrogens is 390 g/mol. The van der Waals surface area contributed by atoms with Gasteiger partial charge in [0, 0.05) is 17.0 Å². The molecular formula is C21H23N3O4S. The summed E-state index contributed by atoms with van der Waals surface area (Å²) >= 11 is 1.61. The summed E-state index contributed by atoms with van der Waals surface area (Å²) in [5.41, 5.74) is 0.940. The summed E-state index contributed by atoms with van der Waals surface area (Å²) in [6, 6.07) is 9.02. The van der Waals surface area contributed by atoms with Crippen molar-refractivity contribution in [3.05, 3.63) is 51.7 Å². The lowest BCUT2D eigenvalue weighted by atomic mass is 9.80. The van der Waals surface area contributed by atoms with Gasteiger partial charge in [-0.15, -0.1) is 11.3 Å². The summed E-state index contributed by atoms with van der Waals surface area (Å²) in [6.45, 7) is 0.156. The molecule has 0 saturated carbocycles. The molecule has 29 heavy (non-hydrogen) atoms. The van der Waals surface area contributed by atoms with Gasteiger partial charge in [-0.1, -0.05) is 12.1 Å². The Balaban J connectivity index is 1.35. The fraction of sp³-hybridized carbons (Fsp3) is 0.381. The van der Waals surface area contributed by atoms with Crippen molar-refractivity contribution in [1.29, 1.82) is 0 Å². The highest BCUT2D eigenvalue weighted by Crippen LogP contribution is 2.41. The maximum atomic E-state index is 13.1. The molecule has 1 saturated heterocycles. The number of hydrogen-bond donors (Lipinski definition) is 2. The van der Waals surface area contributed by atoms with E-state index in [1.165, 1.54) is 0 Å². The largest absolute Gasteiger partial charge is 0.497 e. The van der Waals surface area contributed by atoms with Crippen LogP contribution in [0.25, 0.3) is 0 Å². The average molecular weight is 413 g/mol. The number of ether oxygens (including phenoxy) is 1. The number of urea groups is 1. The minimum Gasteiger partial charge on any atom is -0.497 e. The van der Waals surface area contributed by atoms with Crippen LogP contribution in [0.1, 0.15) is 28.8 Å². The molecule has 0 radical (unpaired) electrons. The molecule has 2 aliphatic rings. The number of aryl methyl sites for hydroxylation is 1. The van der Waals surface area contributed by atoms with Crippen molar-refractivity contribution in [2.75, 3.05) is 20.2 Å². The van der Waals surface area contributed by atoms with E-state index in [1.54, 1.807) is 18.4 Å². The molecule has 1 aromatic heterocycles. The molecule has 1 atom stereocenters. The van der Waals surface area contributed by atoms with E-state index in [1.807, 2.05) is 35.7 Å². The predicted molar refractivity (Wildman–Crippen MR) is 109 cm³/mol. The molecule has 2 heterocycles. The van der Waals surface area contributed by atoms with E-state index in [4.69, 9.17) is 4.74 Å². The fourth-order valence-corrected chi connectivity index (χ4v) is 5.02. The fourth-order valence-electron chi connectivity index (χ4n) is 4.02. The second kappa shape index (κ2) is 7.87. The Kier molecular flexibility index (Phi) is 5.27. The molecule has 4 amide bonds. The minimum atomic E-state index is -1.01. The zero-order valence-electron chi connectivity index (χ0n) is 16.2. The third-order valence-electron chi connectivity index (χ3n) is 5.53. The quantitative estimate of drug-likeness (QED) is 0.711. The van der Waals surface area contributed by atoms with Crippen LogP contribution in [0.3, 0.4) is 0 Å². The SMILES string of the molecule is COc1ccc(CCNC(=O)CN2C(=O)N[C@]3(CCCc4sccc43)C2=O)cc1. The van der Waals surface area contributed by atoms with Crippen LogP contribution in [-0.4, -0.2) is 42.9 Å². The van der Waals surface area contributed by atoms with Crippen molar-refractivity contribution in [2.24, 2.45) is 0 Å². The lowest BCUT2D eigenvalue weighted by Gasteiger charge is -2.31. The molecule has 0 unspecified atom stereocenters. The van der Waals surface area contributed by atoms with Gasteiger partial charge in [0.2, 0.25) is 5.91 Å². The van der Waals surface area contributed by atoms with E-state index in [2.05, 4.69) is 10.6 Å². The molecule has 1 spiro atoms. The zero-order chi connectivity index (χ0) is 20.4. The molecule has 1 aliphatic carbocycles. The number of benzene rings is 1. The minimum absolute atomic E-state index is 0.269. The van der Waals surface area contributed by atoms with Crippen LogP contribution in [-0.2, 0) is 28.0 Å². The first kappa shape index (κ1) is 19.4. The summed E-state index contributed by atoms with van der Waals surface area (Å²) in [7, 11) is 1.61. The van der Waals surface area contributed by atoms with Crippen LogP contribution in [0.5, 0.6) is 5.75 Å². The third-order valence-corrected chi connectivity index (χ3v) is 6.51. The van der Waals surface area contributed by atoms with E-state index in [-0.39, 0.29) is 18.4 Å². The maximum absolute atomic E-state index is 13.1. The van der Waals surface area contributed by atoms with Crippen molar-refractivity contribution < 1.29 is 19.1 Å². The van der Waals surface area contributed by atoms with Gasteiger partial charge in [0.1, 0.15) is 17.8 Å². The number of carbonyl (C=O) groups excluding carboxylic acids is 3. The van der Waals surface area contributed by atoms with Gasteiger partial charge in [0.25, 0.3) is 5.91 Å². The number of methoxy groups -OCH3 is 1. The Hall–Kier alpha value is -2.87. The van der Waals surface area contributed by atoms with E-state index < -0.39 is 11.6 Å². The number of rotatable bonds is 6. The standard InChI is InChI=1S/C21H23N3O4S/c1-28-15-6-4-14(5-7-15)8-11-22-18(25)13-24-19(26)21(23-20(24)27)10-2-3-17-16(21)9-12-29-17/h4-7,9,12H,2-3,8,10-11,13H2,1H3,(H,22,25)(H,23,27)/t21-/m0/s1.